The van der Waals surface area contributed by atoms with Crippen LogP contribution < -0.4 is 4.74 Å². The largest absolute Gasteiger partial charge is 0.496 e. The minimum atomic E-state index is -0.0720. The zero-order chi connectivity index (χ0) is 15.8. The number of nitrogens with zero attached hydrogens (tertiary/aromatic N) is 2. The van der Waals surface area contributed by atoms with Crippen molar-refractivity contribution in [1.29, 1.82) is 0 Å². The molecule has 0 fully saturated rings. The summed E-state index contributed by atoms with van der Waals surface area (Å²) in [6.45, 7) is 0.991. The van der Waals surface area contributed by atoms with Crippen LogP contribution in [0.5, 0.6) is 5.75 Å². The van der Waals surface area contributed by atoms with E-state index in [1.807, 2.05) is 36.4 Å². The predicted octanol–water partition coefficient (Wildman–Crippen LogP) is 2.27. The van der Waals surface area contributed by atoms with E-state index in [0.29, 0.717) is 13.1 Å². The third-order valence-electron chi connectivity index (χ3n) is 3.27. The number of ether oxygens (including phenoxy) is 2. The lowest BCUT2D eigenvalue weighted by Gasteiger charge is -2.23. The average molecular weight is 300 g/mol. The van der Waals surface area contributed by atoms with Crippen molar-refractivity contribution >= 4 is 5.91 Å². The van der Waals surface area contributed by atoms with Gasteiger partial charge in [-0.1, -0.05) is 24.3 Å². The number of hydrogen-bond acceptors (Lipinski definition) is 4. The molecule has 1 amide bonds. The first kappa shape index (κ1) is 16.0. The number of rotatable bonds is 7. The molecular formula is C17H20N2O3. The van der Waals surface area contributed by atoms with E-state index in [9.17, 15) is 4.79 Å². The number of para-hydroxylation sites is 1. The van der Waals surface area contributed by atoms with Gasteiger partial charge in [0.25, 0.3) is 0 Å². The van der Waals surface area contributed by atoms with Crippen molar-refractivity contribution in [3.63, 3.8) is 0 Å². The highest BCUT2D eigenvalue weighted by Gasteiger charge is 2.16. The topological polar surface area (TPSA) is 51.7 Å². The predicted molar refractivity (Wildman–Crippen MR) is 83.4 cm³/mol. The standard InChI is InChI=1S/C17H20N2O3/c1-21-13-17(20)19(11-14-6-5-9-18-10-14)12-15-7-3-4-8-16(15)22-2/h3-10H,11-13H2,1-2H3. The fourth-order valence-electron chi connectivity index (χ4n) is 2.20. The number of methoxy groups -OCH3 is 2. The zero-order valence-corrected chi connectivity index (χ0v) is 12.9. The van der Waals surface area contributed by atoms with Gasteiger partial charge in [0, 0.05) is 38.2 Å². The maximum atomic E-state index is 12.3. The second kappa shape index (κ2) is 8.14. The summed E-state index contributed by atoms with van der Waals surface area (Å²) in [5, 5.41) is 0. The Morgan fingerprint density at radius 3 is 2.64 bits per heavy atom. The average Bonchev–Trinajstić information content (AvgIpc) is 2.56. The Morgan fingerprint density at radius 1 is 1.14 bits per heavy atom. The first-order chi connectivity index (χ1) is 10.7. The van der Waals surface area contributed by atoms with Crippen molar-refractivity contribution in [2.24, 2.45) is 0 Å². The quantitative estimate of drug-likeness (QED) is 0.787. The lowest BCUT2D eigenvalue weighted by Crippen LogP contribution is -2.33. The third kappa shape index (κ3) is 4.30. The number of carbonyl (C=O) groups excluding carboxylic acids is 1. The second-order valence-corrected chi connectivity index (χ2v) is 4.86. The van der Waals surface area contributed by atoms with E-state index in [0.717, 1.165) is 16.9 Å². The van der Waals surface area contributed by atoms with Crippen LogP contribution in [0, 0.1) is 0 Å². The Kier molecular flexibility index (Phi) is 5.91. The van der Waals surface area contributed by atoms with Crippen LogP contribution in [0.1, 0.15) is 11.1 Å². The molecule has 116 valence electrons. The van der Waals surface area contributed by atoms with E-state index >= 15 is 0 Å². The number of benzene rings is 1. The maximum Gasteiger partial charge on any atom is 0.249 e. The molecule has 0 spiro atoms. The Hall–Kier alpha value is -2.40. The van der Waals surface area contributed by atoms with E-state index < -0.39 is 0 Å². The van der Waals surface area contributed by atoms with Gasteiger partial charge in [-0.25, -0.2) is 0 Å². The SMILES string of the molecule is COCC(=O)N(Cc1cccnc1)Cc1ccccc1OC. The Balaban J connectivity index is 2.19. The third-order valence-corrected chi connectivity index (χ3v) is 3.27. The van der Waals surface area contributed by atoms with Crippen LogP contribution in [0.15, 0.2) is 48.8 Å². The molecular weight excluding hydrogens is 280 g/mol. The summed E-state index contributed by atoms with van der Waals surface area (Å²) >= 11 is 0. The molecule has 0 unspecified atom stereocenters. The first-order valence-corrected chi connectivity index (χ1v) is 7.02. The molecule has 22 heavy (non-hydrogen) atoms. The molecule has 2 rings (SSSR count). The molecule has 1 aromatic heterocycles. The van der Waals surface area contributed by atoms with Crippen LogP contribution >= 0.6 is 0 Å². The number of hydrogen-bond donors (Lipinski definition) is 0. The zero-order valence-electron chi connectivity index (χ0n) is 12.9. The van der Waals surface area contributed by atoms with Gasteiger partial charge in [0.2, 0.25) is 5.91 Å². The van der Waals surface area contributed by atoms with Crippen LogP contribution in [0.4, 0.5) is 0 Å². The van der Waals surface area contributed by atoms with Crippen molar-refractivity contribution in [2.45, 2.75) is 13.1 Å². The van der Waals surface area contributed by atoms with E-state index in [4.69, 9.17) is 9.47 Å². The van der Waals surface area contributed by atoms with Crippen molar-refractivity contribution in [2.75, 3.05) is 20.8 Å². The fourth-order valence-corrected chi connectivity index (χ4v) is 2.20. The van der Waals surface area contributed by atoms with Crippen LogP contribution in [0.25, 0.3) is 0 Å². The minimum absolute atomic E-state index is 0.0510. The van der Waals surface area contributed by atoms with Crippen LogP contribution in [0.3, 0.4) is 0 Å². The highest BCUT2D eigenvalue weighted by molar-refractivity contribution is 5.77. The van der Waals surface area contributed by atoms with Gasteiger partial charge >= 0.3 is 0 Å². The number of aromatic nitrogens is 1. The molecule has 0 aliphatic heterocycles. The summed E-state index contributed by atoms with van der Waals surface area (Å²) in [5.74, 6) is 0.696. The molecule has 0 saturated heterocycles. The van der Waals surface area contributed by atoms with Gasteiger partial charge in [-0.3, -0.25) is 9.78 Å². The van der Waals surface area contributed by atoms with E-state index in [-0.39, 0.29) is 12.5 Å². The van der Waals surface area contributed by atoms with Crippen molar-refractivity contribution in [1.82, 2.24) is 9.88 Å². The molecule has 0 radical (unpaired) electrons. The number of carbonyl (C=O) groups is 1. The van der Waals surface area contributed by atoms with Crippen molar-refractivity contribution in [3.8, 4) is 5.75 Å². The molecule has 2 aromatic rings. The van der Waals surface area contributed by atoms with E-state index in [1.54, 1.807) is 24.4 Å². The van der Waals surface area contributed by atoms with Crippen LogP contribution in [0.2, 0.25) is 0 Å². The fraction of sp³-hybridized carbons (Fsp3) is 0.294. The maximum absolute atomic E-state index is 12.3. The molecule has 0 aliphatic rings. The highest BCUT2D eigenvalue weighted by atomic mass is 16.5. The Labute approximate surface area is 130 Å². The molecule has 1 aromatic carbocycles. The Bertz CT molecular complexity index is 602. The molecule has 0 atom stereocenters. The summed E-state index contributed by atoms with van der Waals surface area (Å²) in [4.78, 5) is 18.1. The minimum Gasteiger partial charge on any atom is -0.496 e. The van der Waals surface area contributed by atoms with Gasteiger partial charge in [-0.05, 0) is 17.7 Å². The summed E-state index contributed by atoms with van der Waals surface area (Å²) in [6.07, 6.45) is 3.47. The monoisotopic (exact) mass is 300 g/mol. The molecule has 0 bridgehead atoms. The van der Waals surface area contributed by atoms with E-state index in [2.05, 4.69) is 4.98 Å². The van der Waals surface area contributed by atoms with Gasteiger partial charge < -0.3 is 14.4 Å². The lowest BCUT2D eigenvalue weighted by atomic mass is 10.1. The molecule has 0 aliphatic carbocycles. The highest BCUT2D eigenvalue weighted by Crippen LogP contribution is 2.20. The smallest absolute Gasteiger partial charge is 0.249 e. The van der Waals surface area contributed by atoms with Crippen LogP contribution in [-0.2, 0) is 22.6 Å². The van der Waals surface area contributed by atoms with Crippen LogP contribution in [-0.4, -0.2) is 36.6 Å². The molecule has 0 N–H and O–H groups in total. The molecule has 0 saturated carbocycles. The van der Waals surface area contributed by atoms with Gasteiger partial charge in [0.05, 0.1) is 7.11 Å². The lowest BCUT2D eigenvalue weighted by molar-refractivity contribution is -0.136. The summed E-state index contributed by atoms with van der Waals surface area (Å²) < 4.78 is 10.3. The summed E-state index contributed by atoms with van der Waals surface area (Å²) in [7, 11) is 3.14. The molecule has 5 nitrogen and oxygen atoms in total. The van der Waals surface area contributed by atoms with Gasteiger partial charge in [0.1, 0.15) is 12.4 Å². The summed E-state index contributed by atoms with van der Waals surface area (Å²) in [5.41, 5.74) is 1.93. The number of amides is 1. The first-order valence-electron chi connectivity index (χ1n) is 7.02. The van der Waals surface area contributed by atoms with E-state index in [1.165, 1.54) is 7.11 Å². The number of pyridine rings is 1. The van der Waals surface area contributed by atoms with Crippen molar-refractivity contribution < 1.29 is 14.3 Å². The Morgan fingerprint density at radius 2 is 1.95 bits per heavy atom. The summed E-state index contributed by atoms with van der Waals surface area (Å²) in [6, 6.07) is 11.5. The normalized spacial score (nSPS) is 10.3. The van der Waals surface area contributed by atoms with Gasteiger partial charge in [-0.2, -0.15) is 0 Å². The molecule has 1 heterocycles. The second-order valence-electron chi connectivity index (χ2n) is 4.86. The van der Waals surface area contributed by atoms with Gasteiger partial charge in [0.15, 0.2) is 0 Å². The molecule has 5 heteroatoms. The van der Waals surface area contributed by atoms with Gasteiger partial charge in [-0.15, -0.1) is 0 Å². The van der Waals surface area contributed by atoms with Crippen molar-refractivity contribution in [3.05, 3.63) is 59.9 Å².